The molecule has 1 rings (SSSR count). The molecule has 0 aliphatic carbocycles. The average Bonchev–Trinajstić information content (AvgIpc) is 2.45. The Morgan fingerprint density at radius 3 is 1.65 bits per heavy atom. The van der Waals surface area contributed by atoms with Crippen LogP contribution in [0.15, 0.2) is 6.33 Å². The van der Waals surface area contributed by atoms with Crippen LogP contribution in [0.5, 0.6) is 0 Å². The molecule has 0 radical (unpaired) electrons. The van der Waals surface area contributed by atoms with Gasteiger partial charge in [-0.2, -0.15) is 0 Å². The molecule has 5 nitrogen and oxygen atoms in total. The van der Waals surface area contributed by atoms with Gasteiger partial charge in [-0.15, -0.1) is 0 Å². The maximum Gasteiger partial charge on any atom is 0.154 e. The molecule has 0 atom stereocenters. The quantitative estimate of drug-likeness (QED) is 0.743. The summed E-state index contributed by atoms with van der Waals surface area (Å²) in [6.45, 7) is 12.0. The molecule has 0 unspecified atom stereocenters. The van der Waals surface area contributed by atoms with Gasteiger partial charge < -0.3 is 16.4 Å². The molecule has 1 aromatic heterocycles. The number of nitrogen functional groups attached to an aromatic ring is 1. The largest absolute Gasteiger partial charge is 0.382 e. The summed E-state index contributed by atoms with van der Waals surface area (Å²) in [4.78, 5) is 7.79. The summed E-state index contributed by atoms with van der Waals surface area (Å²) in [5.41, 5.74) is 6.29. The van der Waals surface area contributed by atoms with E-state index in [1.54, 1.807) is 14.1 Å². The van der Waals surface area contributed by atoms with Gasteiger partial charge in [0, 0.05) is 14.1 Å². The van der Waals surface area contributed by atoms with E-state index < -0.39 is 0 Å². The molecule has 0 bridgehead atoms. The van der Waals surface area contributed by atoms with Crippen molar-refractivity contribution in [2.24, 2.45) is 0 Å². The summed E-state index contributed by atoms with van der Waals surface area (Å²) in [5.74, 6) is 1.16. The highest BCUT2D eigenvalue weighted by Crippen LogP contribution is 2.21. The highest BCUT2D eigenvalue weighted by molar-refractivity contribution is 5.74. The Morgan fingerprint density at radius 1 is 0.882 bits per heavy atom. The molecular formula is C12H29N5. The second-order valence-corrected chi connectivity index (χ2v) is 1.98. The van der Waals surface area contributed by atoms with Crippen molar-refractivity contribution in [3.8, 4) is 0 Å². The van der Waals surface area contributed by atoms with Crippen LogP contribution in [0.2, 0.25) is 0 Å². The summed E-state index contributed by atoms with van der Waals surface area (Å²) < 4.78 is 0. The number of nitrogens with zero attached hydrogens (tertiary/aromatic N) is 2. The van der Waals surface area contributed by atoms with E-state index in [1.165, 1.54) is 6.33 Å². The Kier molecular flexibility index (Phi) is 20.7. The Labute approximate surface area is 106 Å². The van der Waals surface area contributed by atoms with E-state index in [4.69, 9.17) is 5.73 Å². The Balaban J connectivity index is -0.000000285. The molecule has 5 heteroatoms. The Hall–Kier alpha value is -1.52. The average molecular weight is 243 g/mol. The first kappa shape index (κ1) is 20.8. The molecule has 17 heavy (non-hydrogen) atoms. The minimum Gasteiger partial charge on any atom is -0.382 e. The number of nitrogens with two attached hydrogens (primary N) is 1. The molecule has 0 amide bonds. The maximum absolute atomic E-state index is 5.55. The van der Waals surface area contributed by atoms with Crippen molar-refractivity contribution in [2.45, 2.75) is 41.5 Å². The molecule has 0 saturated heterocycles. The minimum atomic E-state index is 0.451. The normalized spacial score (nSPS) is 7.06. The molecule has 0 aromatic carbocycles. The van der Waals surface area contributed by atoms with Crippen molar-refractivity contribution < 1.29 is 0 Å². The van der Waals surface area contributed by atoms with Crippen molar-refractivity contribution in [1.29, 1.82) is 0 Å². The highest BCUT2D eigenvalue weighted by atomic mass is 15.1. The van der Waals surface area contributed by atoms with E-state index in [0.717, 1.165) is 5.69 Å². The first-order valence-electron chi connectivity index (χ1n) is 6.25. The first-order chi connectivity index (χ1) is 8.29. The monoisotopic (exact) mass is 243 g/mol. The third kappa shape index (κ3) is 8.30. The van der Waals surface area contributed by atoms with E-state index in [1.807, 2.05) is 41.5 Å². The van der Waals surface area contributed by atoms with Gasteiger partial charge in [-0.25, -0.2) is 9.97 Å². The lowest BCUT2D eigenvalue weighted by atomic mass is 10.4. The molecule has 0 aliphatic rings. The van der Waals surface area contributed by atoms with E-state index in [9.17, 15) is 0 Å². The Morgan fingerprint density at radius 2 is 1.35 bits per heavy atom. The zero-order valence-electron chi connectivity index (χ0n) is 12.5. The predicted octanol–water partition coefficient (Wildman–Crippen LogP) is 3.22. The van der Waals surface area contributed by atoms with Gasteiger partial charge in [-0.05, 0) is 0 Å². The fraction of sp³-hybridized carbons (Fsp3) is 0.667. The van der Waals surface area contributed by atoms with Crippen molar-refractivity contribution in [3.05, 3.63) is 6.33 Å². The van der Waals surface area contributed by atoms with E-state index in [-0.39, 0.29) is 0 Å². The van der Waals surface area contributed by atoms with Crippen LogP contribution >= 0.6 is 0 Å². The lowest BCUT2D eigenvalue weighted by Crippen LogP contribution is -2.04. The van der Waals surface area contributed by atoms with E-state index >= 15 is 0 Å². The molecule has 0 fully saturated rings. The molecule has 4 N–H and O–H groups in total. The fourth-order valence-corrected chi connectivity index (χ4v) is 0.835. The summed E-state index contributed by atoms with van der Waals surface area (Å²) in [7, 11) is 3.55. The molecule has 102 valence electrons. The van der Waals surface area contributed by atoms with E-state index in [0.29, 0.717) is 11.6 Å². The fourth-order valence-electron chi connectivity index (χ4n) is 0.835. The van der Waals surface area contributed by atoms with Crippen LogP contribution in [0.25, 0.3) is 0 Å². The van der Waals surface area contributed by atoms with Gasteiger partial charge in [0.2, 0.25) is 0 Å². The summed E-state index contributed by atoms with van der Waals surface area (Å²) in [6, 6.07) is 0. The number of hydrogen-bond acceptors (Lipinski definition) is 5. The van der Waals surface area contributed by atoms with Gasteiger partial charge in [0.1, 0.15) is 12.0 Å². The number of nitrogens with one attached hydrogen (secondary N) is 2. The minimum absolute atomic E-state index is 0.451. The molecular weight excluding hydrogens is 214 g/mol. The molecule has 0 aliphatic heterocycles. The van der Waals surface area contributed by atoms with Crippen LogP contribution in [0.1, 0.15) is 41.5 Å². The molecule has 1 aromatic rings. The van der Waals surface area contributed by atoms with Crippen molar-refractivity contribution in [2.75, 3.05) is 30.5 Å². The van der Waals surface area contributed by atoms with Crippen LogP contribution in [-0.2, 0) is 0 Å². The van der Waals surface area contributed by atoms with Crippen LogP contribution in [-0.4, -0.2) is 24.1 Å². The second-order valence-electron chi connectivity index (χ2n) is 1.98. The lowest BCUT2D eigenvalue weighted by Gasteiger charge is -2.07. The number of hydrogen-bond donors (Lipinski definition) is 3. The van der Waals surface area contributed by atoms with Gasteiger partial charge >= 0.3 is 0 Å². The van der Waals surface area contributed by atoms with Gasteiger partial charge in [-0.3, -0.25) is 0 Å². The third-order valence-electron chi connectivity index (χ3n) is 1.36. The summed E-state index contributed by atoms with van der Waals surface area (Å²) in [6.07, 6.45) is 1.42. The third-order valence-corrected chi connectivity index (χ3v) is 1.36. The first-order valence-corrected chi connectivity index (χ1v) is 6.25. The number of aromatic nitrogens is 2. The van der Waals surface area contributed by atoms with Crippen LogP contribution in [0.3, 0.4) is 0 Å². The van der Waals surface area contributed by atoms with Gasteiger partial charge in [0.05, 0.1) is 0 Å². The van der Waals surface area contributed by atoms with E-state index in [2.05, 4.69) is 20.6 Å². The SMILES string of the molecule is CC.CC.CC.CNc1ncnc(N)c1NC. The number of rotatable bonds is 2. The van der Waals surface area contributed by atoms with Crippen molar-refractivity contribution >= 4 is 17.3 Å². The molecule has 1 heterocycles. The maximum atomic E-state index is 5.55. The zero-order chi connectivity index (χ0) is 14.3. The van der Waals surface area contributed by atoms with Crippen LogP contribution < -0.4 is 16.4 Å². The highest BCUT2D eigenvalue weighted by Gasteiger charge is 2.03. The topological polar surface area (TPSA) is 75.9 Å². The summed E-state index contributed by atoms with van der Waals surface area (Å²) >= 11 is 0. The van der Waals surface area contributed by atoms with Crippen LogP contribution in [0, 0.1) is 0 Å². The Bertz CT molecular complexity index is 251. The predicted molar refractivity (Wildman–Crippen MR) is 79.6 cm³/mol. The standard InChI is InChI=1S/C6H11N5.3C2H6/c1-8-4-5(7)10-3-11-6(4)9-2;3*1-2/h3,8H,1-2H3,(H3,7,9,10,11);3*1-2H3. The second kappa shape index (κ2) is 16.9. The smallest absolute Gasteiger partial charge is 0.154 e. The number of anilines is 3. The van der Waals surface area contributed by atoms with Crippen molar-refractivity contribution in [1.82, 2.24) is 9.97 Å². The van der Waals surface area contributed by atoms with Gasteiger partial charge in [-0.1, -0.05) is 41.5 Å². The summed E-state index contributed by atoms with van der Waals surface area (Å²) in [5, 5.41) is 5.80. The van der Waals surface area contributed by atoms with Crippen LogP contribution in [0.4, 0.5) is 17.3 Å². The van der Waals surface area contributed by atoms with Gasteiger partial charge in [0.15, 0.2) is 11.6 Å². The molecule has 0 saturated carbocycles. The zero-order valence-corrected chi connectivity index (χ0v) is 12.5. The van der Waals surface area contributed by atoms with Gasteiger partial charge in [0.25, 0.3) is 0 Å². The van der Waals surface area contributed by atoms with Crippen molar-refractivity contribution in [3.63, 3.8) is 0 Å². The molecule has 0 spiro atoms. The lowest BCUT2D eigenvalue weighted by molar-refractivity contribution is 1.16.